The van der Waals surface area contributed by atoms with Crippen LogP contribution in [-0.4, -0.2) is 53.2 Å². The summed E-state index contributed by atoms with van der Waals surface area (Å²) in [6, 6.07) is 1.57. The number of hydrogen-bond acceptors (Lipinski definition) is 4. The lowest BCUT2D eigenvalue weighted by Gasteiger charge is -2.26. The Morgan fingerprint density at radius 1 is 1.55 bits per heavy atom. The van der Waals surface area contributed by atoms with Crippen LogP contribution in [0.15, 0.2) is 12.3 Å². The third-order valence-electron chi connectivity index (χ3n) is 3.89. The van der Waals surface area contributed by atoms with E-state index in [1.54, 1.807) is 0 Å². The molecular formula is C14H20FN3O2. The molecule has 0 bridgehead atoms. The van der Waals surface area contributed by atoms with Gasteiger partial charge in [0.15, 0.2) is 11.6 Å². The first-order chi connectivity index (χ1) is 9.58. The van der Waals surface area contributed by atoms with E-state index >= 15 is 0 Å². The van der Waals surface area contributed by atoms with Crippen molar-refractivity contribution in [3.63, 3.8) is 0 Å². The third-order valence-corrected chi connectivity index (χ3v) is 3.89. The fourth-order valence-electron chi connectivity index (χ4n) is 2.79. The van der Waals surface area contributed by atoms with Crippen molar-refractivity contribution in [2.24, 2.45) is 0 Å². The van der Waals surface area contributed by atoms with Gasteiger partial charge < -0.3 is 10.0 Å². The molecule has 1 aliphatic heterocycles. The molecule has 20 heavy (non-hydrogen) atoms. The van der Waals surface area contributed by atoms with E-state index in [-0.39, 0.29) is 11.4 Å². The Bertz CT molecular complexity index is 491. The Balaban J connectivity index is 2.18. The maximum atomic E-state index is 14.2. The van der Waals surface area contributed by atoms with Gasteiger partial charge in [-0.1, -0.05) is 13.8 Å². The second kappa shape index (κ2) is 6.17. The standard InChI is InChI=1S/C14H20FN3O2/c1-3-17(4-2)10-6-8-18(9-10)13-12(15)11(14(19)20)5-7-16-13/h5,7,10H,3-4,6,8-9H2,1-2H3,(H,19,20). The number of carbonyl (C=O) groups is 1. The average molecular weight is 281 g/mol. The molecule has 2 rings (SSSR count). The van der Waals surface area contributed by atoms with Gasteiger partial charge in [0.25, 0.3) is 0 Å². The summed E-state index contributed by atoms with van der Waals surface area (Å²) < 4.78 is 14.2. The van der Waals surface area contributed by atoms with Crippen LogP contribution in [0.4, 0.5) is 10.2 Å². The van der Waals surface area contributed by atoms with Gasteiger partial charge in [-0.2, -0.15) is 0 Å². The number of rotatable bonds is 5. The lowest BCUT2D eigenvalue weighted by atomic mass is 10.2. The van der Waals surface area contributed by atoms with E-state index < -0.39 is 11.8 Å². The number of anilines is 1. The quantitative estimate of drug-likeness (QED) is 0.892. The van der Waals surface area contributed by atoms with Crippen molar-refractivity contribution >= 4 is 11.8 Å². The molecule has 1 atom stereocenters. The highest BCUT2D eigenvalue weighted by atomic mass is 19.1. The number of likely N-dealkylation sites (N-methyl/N-ethyl adjacent to an activating group) is 1. The molecule has 0 aromatic carbocycles. The Kier molecular flexibility index (Phi) is 4.54. The van der Waals surface area contributed by atoms with E-state index in [1.165, 1.54) is 12.3 Å². The van der Waals surface area contributed by atoms with Gasteiger partial charge in [0.05, 0.1) is 0 Å². The summed E-state index contributed by atoms with van der Waals surface area (Å²) in [5, 5.41) is 8.95. The smallest absolute Gasteiger partial charge is 0.338 e. The van der Waals surface area contributed by atoms with E-state index in [0.29, 0.717) is 19.1 Å². The molecule has 1 aromatic heterocycles. The van der Waals surface area contributed by atoms with Crippen LogP contribution in [0.3, 0.4) is 0 Å². The van der Waals surface area contributed by atoms with Crippen molar-refractivity contribution in [1.82, 2.24) is 9.88 Å². The summed E-state index contributed by atoms with van der Waals surface area (Å²) in [4.78, 5) is 19.1. The highest BCUT2D eigenvalue weighted by Gasteiger charge is 2.29. The minimum Gasteiger partial charge on any atom is -0.478 e. The highest BCUT2D eigenvalue weighted by Crippen LogP contribution is 2.25. The molecule has 1 aliphatic rings. The van der Waals surface area contributed by atoms with Crippen LogP contribution in [0, 0.1) is 5.82 Å². The zero-order chi connectivity index (χ0) is 14.7. The number of nitrogens with zero attached hydrogens (tertiary/aromatic N) is 3. The molecule has 0 amide bonds. The fraction of sp³-hybridized carbons (Fsp3) is 0.571. The number of pyridine rings is 1. The predicted octanol–water partition coefficient (Wildman–Crippen LogP) is 1.84. The second-order valence-electron chi connectivity index (χ2n) is 4.91. The Morgan fingerprint density at radius 2 is 2.25 bits per heavy atom. The van der Waals surface area contributed by atoms with Crippen LogP contribution in [0.5, 0.6) is 0 Å². The van der Waals surface area contributed by atoms with Crippen LogP contribution in [0.25, 0.3) is 0 Å². The maximum absolute atomic E-state index is 14.2. The molecule has 110 valence electrons. The molecular weight excluding hydrogens is 261 g/mol. The van der Waals surface area contributed by atoms with Gasteiger partial charge in [-0.05, 0) is 25.6 Å². The van der Waals surface area contributed by atoms with Crippen LogP contribution in [-0.2, 0) is 0 Å². The molecule has 6 heteroatoms. The van der Waals surface area contributed by atoms with Gasteiger partial charge in [-0.25, -0.2) is 14.2 Å². The van der Waals surface area contributed by atoms with Gasteiger partial charge in [0, 0.05) is 25.3 Å². The van der Waals surface area contributed by atoms with Gasteiger partial charge >= 0.3 is 5.97 Å². The minimum absolute atomic E-state index is 0.152. The first-order valence-electron chi connectivity index (χ1n) is 6.95. The lowest BCUT2D eigenvalue weighted by Crippen LogP contribution is -2.37. The van der Waals surface area contributed by atoms with E-state index in [1.807, 2.05) is 4.90 Å². The zero-order valence-electron chi connectivity index (χ0n) is 11.8. The average Bonchev–Trinajstić information content (AvgIpc) is 2.89. The summed E-state index contributed by atoms with van der Waals surface area (Å²) in [5.74, 6) is -1.84. The van der Waals surface area contributed by atoms with Crippen molar-refractivity contribution in [3.8, 4) is 0 Å². The summed E-state index contributed by atoms with van der Waals surface area (Å²) in [6.07, 6.45) is 2.30. The first kappa shape index (κ1) is 14.7. The molecule has 5 nitrogen and oxygen atoms in total. The predicted molar refractivity (Wildman–Crippen MR) is 74.7 cm³/mol. The van der Waals surface area contributed by atoms with E-state index in [9.17, 15) is 9.18 Å². The summed E-state index contributed by atoms with van der Waals surface area (Å²) in [6.45, 7) is 7.52. The van der Waals surface area contributed by atoms with Crippen molar-refractivity contribution in [3.05, 3.63) is 23.6 Å². The van der Waals surface area contributed by atoms with Crippen molar-refractivity contribution < 1.29 is 14.3 Å². The van der Waals surface area contributed by atoms with Crippen LogP contribution >= 0.6 is 0 Å². The molecule has 1 aromatic rings. The van der Waals surface area contributed by atoms with Crippen LogP contribution < -0.4 is 4.90 Å². The fourth-order valence-corrected chi connectivity index (χ4v) is 2.79. The summed E-state index contributed by atoms with van der Waals surface area (Å²) in [5.41, 5.74) is -0.318. The first-order valence-corrected chi connectivity index (χ1v) is 6.95. The SMILES string of the molecule is CCN(CC)C1CCN(c2nccc(C(=O)O)c2F)C1. The molecule has 1 N–H and O–H groups in total. The van der Waals surface area contributed by atoms with Crippen LogP contribution in [0.2, 0.25) is 0 Å². The van der Waals surface area contributed by atoms with Crippen molar-refractivity contribution in [1.29, 1.82) is 0 Å². The van der Waals surface area contributed by atoms with E-state index in [2.05, 4.69) is 23.7 Å². The lowest BCUT2D eigenvalue weighted by molar-refractivity contribution is 0.0691. The van der Waals surface area contributed by atoms with Crippen molar-refractivity contribution in [2.45, 2.75) is 26.3 Å². The third kappa shape index (κ3) is 2.75. The normalized spacial score (nSPS) is 18.8. The molecule has 0 saturated carbocycles. The Morgan fingerprint density at radius 3 is 2.85 bits per heavy atom. The monoisotopic (exact) mass is 281 g/mol. The van der Waals surface area contributed by atoms with Crippen LogP contribution in [0.1, 0.15) is 30.6 Å². The highest BCUT2D eigenvalue weighted by molar-refractivity contribution is 5.88. The Hall–Kier alpha value is -1.69. The summed E-state index contributed by atoms with van der Waals surface area (Å²) >= 11 is 0. The minimum atomic E-state index is -1.26. The molecule has 1 unspecified atom stereocenters. The zero-order valence-corrected chi connectivity index (χ0v) is 11.8. The maximum Gasteiger partial charge on any atom is 0.338 e. The van der Waals surface area contributed by atoms with Gasteiger partial charge in [-0.3, -0.25) is 4.90 Å². The number of aromatic nitrogens is 1. The number of hydrogen-bond donors (Lipinski definition) is 1. The van der Waals surface area contributed by atoms with Gasteiger partial charge in [0.2, 0.25) is 0 Å². The molecule has 1 saturated heterocycles. The number of carboxylic acids is 1. The van der Waals surface area contributed by atoms with E-state index in [0.717, 1.165) is 19.5 Å². The largest absolute Gasteiger partial charge is 0.478 e. The molecule has 0 aliphatic carbocycles. The number of halogens is 1. The number of carboxylic acid groups (broad SMARTS) is 1. The molecule has 0 spiro atoms. The summed E-state index contributed by atoms with van der Waals surface area (Å²) in [7, 11) is 0. The molecule has 2 heterocycles. The van der Waals surface area contributed by atoms with E-state index in [4.69, 9.17) is 5.11 Å². The second-order valence-corrected chi connectivity index (χ2v) is 4.91. The number of aromatic carboxylic acids is 1. The van der Waals surface area contributed by atoms with Crippen molar-refractivity contribution in [2.75, 3.05) is 31.1 Å². The molecule has 0 radical (unpaired) electrons. The molecule has 1 fully saturated rings. The Labute approximate surface area is 118 Å². The topological polar surface area (TPSA) is 56.7 Å². The van der Waals surface area contributed by atoms with Gasteiger partial charge in [-0.15, -0.1) is 0 Å². The van der Waals surface area contributed by atoms with Gasteiger partial charge in [0.1, 0.15) is 5.56 Å².